The Balaban J connectivity index is 1.69. The molecule has 0 aromatic heterocycles. The van der Waals surface area contributed by atoms with Gasteiger partial charge in [0, 0.05) is 0 Å². The second-order valence-electron chi connectivity index (χ2n) is 6.63. The van der Waals surface area contributed by atoms with E-state index < -0.39 is 0 Å². The lowest BCUT2D eigenvalue weighted by Crippen LogP contribution is -2.11. The van der Waals surface area contributed by atoms with E-state index in [-0.39, 0.29) is 5.82 Å². The van der Waals surface area contributed by atoms with Crippen LogP contribution in [-0.4, -0.2) is 6.61 Å². The molecule has 0 N–H and O–H groups in total. The minimum atomic E-state index is -0.331. The van der Waals surface area contributed by atoms with E-state index in [2.05, 4.69) is 24.3 Å². The van der Waals surface area contributed by atoms with Crippen LogP contribution in [0.3, 0.4) is 0 Å². The van der Waals surface area contributed by atoms with Crippen LogP contribution in [0.5, 0.6) is 5.75 Å². The second kappa shape index (κ2) is 8.28. The molecule has 0 heterocycles. The highest BCUT2D eigenvalue weighted by atomic mass is 19.1. The fourth-order valence-electron chi connectivity index (χ4n) is 3.65. The van der Waals surface area contributed by atoms with Gasteiger partial charge in [0.2, 0.25) is 0 Å². The van der Waals surface area contributed by atoms with Gasteiger partial charge in [-0.25, -0.2) is 8.78 Å². The van der Waals surface area contributed by atoms with Crippen LogP contribution in [0.2, 0.25) is 0 Å². The van der Waals surface area contributed by atoms with Crippen molar-refractivity contribution in [3.8, 4) is 16.9 Å². The van der Waals surface area contributed by atoms with Gasteiger partial charge in [-0.1, -0.05) is 36.4 Å². The summed E-state index contributed by atoms with van der Waals surface area (Å²) in [6.45, 7) is 2.29. The lowest BCUT2D eigenvalue weighted by molar-refractivity contribution is 0.321. The second-order valence-corrected chi connectivity index (χ2v) is 6.63. The third-order valence-corrected chi connectivity index (χ3v) is 5.06. The van der Waals surface area contributed by atoms with Crippen molar-refractivity contribution in [2.24, 2.45) is 5.92 Å². The maximum Gasteiger partial charge on any atom is 0.165 e. The van der Waals surface area contributed by atoms with Crippen LogP contribution in [-0.2, 0) is 0 Å². The Morgan fingerprint density at radius 3 is 2.28 bits per heavy atom. The summed E-state index contributed by atoms with van der Waals surface area (Å²) in [6.07, 6.45) is 6.61. The van der Waals surface area contributed by atoms with Crippen molar-refractivity contribution in [1.29, 1.82) is 0 Å². The zero-order valence-corrected chi connectivity index (χ0v) is 14.6. The van der Waals surface area contributed by atoms with Crippen molar-refractivity contribution in [3.05, 3.63) is 66.3 Å². The van der Waals surface area contributed by atoms with Crippen LogP contribution < -0.4 is 4.74 Å². The van der Waals surface area contributed by atoms with E-state index in [1.807, 2.05) is 13.0 Å². The van der Waals surface area contributed by atoms with Gasteiger partial charge in [-0.2, -0.15) is 0 Å². The fraction of sp³-hybridized carbons (Fsp3) is 0.364. The molecule has 0 amide bonds. The van der Waals surface area contributed by atoms with E-state index in [1.165, 1.54) is 11.6 Å². The number of ether oxygens (including phenoxy) is 1. The molecule has 0 atom stereocenters. The number of halogens is 2. The lowest BCUT2D eigenvalue weighted by atomic mass is 9.78. The lowest BCUT2D eigenvalue weighted by Gasteiger charge is -2.27. The summed E-state index contributed by atoms with van der Waals surface area (Å²) in [6, 6.07) is 13.5. The Bertz CT molecular complexity index is 713. The number of hydrogen-bond donors (Lipinski definition) is 0. The minimum Gasteiger partial charge on any atom is -0.491 e. The summed E-state index contributed by atoms with van der Waals surface area (Å²) in [5.41, 5.74) is 3.17. The summed E-state index contributed by atoms with van der Waals surface area (Å²) >= 11 is 0. The molecule has 0 radical (unpaired) electrons. The third-order valence-electron chi connectivity index (χ3n) is 5.06. The van der Waals surface area contributed by atoms with E-state index in [0.717, 1.165) is 36.8 Å². The van der Waals surface area contributed by atoms with Crippen molar-refractivity contribution in [3.63, 3.8) is 0 Å². The number of rotatable bonds is 5. The van der Waals surface area contributed by atoms with Crippen LogP contribution in [0.1, 0.15) is 44.1 Å². The summed E-state index contributed by atoms with van der Waals surface area (Å²) in [5.74, 6) is 0.882. The van der Waals surface area contributed by atoms with Crippen molar-refractivity contribution in [2.75, 3.05) is 6.61 Å². The Morgan fingerprint density at radius 1 is 1.00 bits per heavy atom. The molecule has 0 unspecified atom stereocenters. The van der Waals surface area contributed by atoms with Gasteiger partial charge in [0.15, 0.2) is 11.6 Å². The average Bonchev–Trinajstić information content (AvgIpc) is 2.65. The Labute approximate surface area is 148 Å². The molecule has 1 aliphatic carbocycles. The van der Waals surface area contributed by atoms with Gasteiger partial charge < -0.3 is 4.74 Å². The molecule has 1 aliphatic rings. The molecule has 0 aliphatic heterocycles. The summed E-state index contributed by atoms with van der Waals surface area (Å²) in [4.78, 5) is 0. The summed E-state index contributed by atoms with van der Waals surface area (Å²) in [5, 5.41) is 0. The first kappa shape index (κ1) is 17.7. The Kier molecular flexibility index (Phi) is 5.85. The SMILES string of the molecule is CCOc1ccc(-c2ccc(C3CCC(/C=C/F)CC3)cc2)cc1F. The van der Waals surface area contributed by atoms with Crippen molar-refractivity contribution < 1.29 is 13.5 Å². The van der Waals surface area contributed by atoms with Crippen molar-refractivity contribution in [1.82, 2.24) is 0 Å². The predicted octanol–water partition coefficient (Wildman–Crippen LogP) is 6.65. The molecule has 1 saturated carbocycles. The van der Waals surface area contributed by atoms with Crippen LogP contribution in [0.4, 0.5) is 8.78 Å². The zero-order valence-electron chi connectivity index (χ0n) is 14.6. The van der Waals surface area contributed by atoms with E-state index in [9.17, 15) is 8.78 Å². The van der Waals surface area contributed by atoms with E-state index in [0.29, 0.717) is 30.5 Å². The third kappa shape index (κ3) is 4.28. The molecule has 25 heavy (non-hydrogen) atoms. The Hall–Kier alpha value is -2.16. The quantitative estimate of drug-likeness (QED) is 0.591. The van der Waals surface area contributed by atoms with Gasteiger partial charge in [-0.15, -0.1) is 0 Å². The molecule has 2 aromatic rings. The van der Waals surface area contributed by atoms with Gasteiger partial charge in [0.1, 0.15) is 0 Å². The average molecular weight is 342 g/mol. The minimum absolute atomic E-state index is 0.293. The molecular weight excluding hydrogens is 318 g/mol. The maximum atomic E-state index is 14.0. The first-order valence-electron chi connectivity index (χ1n) is 9.00. The van der Waals surface area contributed by atoms with Gasteiger partial charge in [0.25, 0.3) is 0 Å². The molecule has 0 saturated heterocycles. The van der Waals surface area contributed by atoms with Gasteiger partial charge in [-0.05, 0) is 73.3 Å². The molecule has 2 aromatic carbocycles. The molecule has 1 fully saturated rings. The predicted molar refractivity (Wildman–Crippen MR) is 98.0 cm³/mol. The van der Waals surface area contributed by atoms with Gasteiger partial charge in [-0.3, -0.25) is 0 Å². The van der Waals surface area contributed by atoms with Crippen LogP contribution in [0.15, 0.2) is 54.9 Å². The summed E-state index contributed by atoms with van der Waals surface area (Å²) in [7, 11) is 0. The van der Waals surface area contributed by atoms with Crippen molar-refractivity contribution in [2.45, 2.75) is 38.5 Å². The number of allylic oxidation sites excluding steroid dienone is 1. The first-order chi connectivity index (χ1) is 12.2. The highest BCUT2D eigenvalue weighted by Gasteiger charge is 2.20. The topological polar surface area (TPSA) is 9.23 Å². The van der Waals surface area contributed by atoms with Crippen LogP contribution >= 0.6 is 0 Å². The molecule has 132 valence electrons. The number of benzene rings is 2. The van der Waals surface area contributed by atoms with Gasteiger partial charge >= 0.3 is 0 Å². The number of hydrogen-bond acceptors (Lipinski definition) is 1. The largest absolute Gasteiger partial charge is 0.491 e. The molecule has 0 spiro atoms. The monoisotopic (exact) mass is 342 g/mol. The van der Waals surface area contributed by atoms with E-state index in [4.69, 9.17) is 4.74 Å². The molecule has 0 bridgehead atoms. The fourth-order valence-corrected chi connectivity index (χ4v) is 3.65. The maximum absolute atomic E-state index is 14.0. The smallest absolute Gasteiger partial charge is 0.165 e. The molecule has 3 heteroatoms. The first-order valence-corrected chi connectivity index (χ1v) is 9.00. The van der Waals surface area contributed by atoms with E-state index >= 15 is 0 Å². The molecule has 1 nitrogen and oxygen atoms in total. The van der Waals surface area contributed by atoms with E-state index in [1.54, 1.807) is 12.1 Å². The molecular formula is C22H24F2O. The molecule has 3 rings (SSSR count). The van der Waals surface area contributed by atoms with Crippen LogP contribution in [0, 0.1) is 11.7 Å². The van der Waals surface area contributed by atoms with Crippen LogP contribution in [0.25, 0.3) is 11.1 Å². The normalized spacial score (nSPS) is 20.8. The highest BCUT2D eigenvalue weighted by Crippen LogP contribution is 2.37. The van der Waals surface area contributed by atoms with Gasteiger partial charge in [0.05, 0.1) is 12.9 Å². The zero-order chi connectivity index (χ0) is 17.6. The highest BCUT2D eigenvalue weighted by molar-refractivity contribution is 5.64. The standard InChI is InChI=1S/C22H24F2O/c1-2-25-22-12-11-20(15-21(22)24)19-9-7-18(8-10-19)17-5-3-16(4-6-17)13-14-23/h7-17H,2-6H2,1H3/b14-13+. The van der Waals surface area contributed by atoms with Crippen molar-refractivity contribution >= 4 is 0 Å². The summed E-state index contributed by atoms with van der Waals surface area (Å²) < 4.78 is 31.6. The Morgan fingerprint density at radius 2 is 1.68 bits per heavy atom.